The number of ether oxygens (including phenoxy) is 1. The lowest BCUT2D eigenvalue weighted by atomic mass is 10.1. The highest BCUT2D eigenvalue weighted by atomic mass is 32.2. The van der Waals surface area contributed by atoms with Gasteiger partial charge < -0.3 is 15.0 Å². The van der Waals surface area contributed by atoms with Crippen LogP contribution in [-0.2, 0) is 25.8 Å². The Morgan fingerprint density at radius 3 is 2.33 bits per heavy atom. The summed E-state index contributed by atoms with van der Waals surface area (Å²) in [6.45, 7) is 1.32. The molecular weight excluding hydrogens is 440 g/mol. The number of carbonyl (C=O) groups excluding carboxylic acids is 2. The molecule has 1 unspecified atom stereocenters. The Kier molecular flexibility index (Phi) is 7.14. The van der Waals surface area contributed by atoms with Crippen LogP contribution in [-0.4, -0.2) is 57.2 Å². The zero-order valence-corrected chi connectivity index (χ0v) is 19.6. The van der Waals surface area contributed by atoms with Crippen LogP contribution in [0.5, 0.6) is 0 Å². The summed E-state index contributed by atoms with van der Waals surface area (Å²) in [6, 6.07) is 13.3. The van der Waals surface area contributed by atoms with Crippen molar-refractivity contribution in [3.05, 3.63) is 59.7 Å². The molecule has 176 valence electrons. The zero-order chi connectivity index (χ0) is 23.4. The summed E-state index contributed by atoms with van der Waals surface area (Å²) in [6.07, 6.45) is 4.21. The van der Waals surface area contributed by atoms with Crippen molar-refractivity contribution >= 4 is 27.3 Å². The molecule has 0 spiro atoms. The van der Waals surface area contributed by atoms with Crippen LogP contribution in [0.15, 0.2) is 53.4 Å². The Balaban J connectivity index is 1.29. The smallest absolute Gasteiger partial charge is 0.253 e. The molecule has 1 heterocycles. The molecule has 4 rings (SSSR count). The highest BCUT2D eigenvalue weighted by Gasteiger charge is 2.29. The van der Waals surface area contributed by atoms with Crippen LogP contribution in [0.25, 0.3) is 0 Å². The van der Waals surface area contributed by atoms with Gasteiger partial charge in [-0.3, -0.25) is 9.59 Å². The third kappa shape index (κ3) is 6.42. The van der Waals surface area contributed by atoms with Crippen molar-refractivity contribution < 1.29 is 22.7 Å². The Bertz CT molecular complexity index is 1090. The second-order valence-corrected chi connectivity index (χ2v) is 11.0. The van der Waals surface area contributed by atoms with Crippen molar-refractivity contribution in [2.24, 2.45) is 5.92 Å². The van der Waals surface area contributed by atoms with Gasteiger partial charge in [0, 0.05) is 31.5 Å². The first kappa shape index (κ1) is 23.4. The lowest BCUT2D eigenvalue weighted by Crippen LogP contribution is -2.34. The van der Waals surface area contributed by atoms with Gasteiger partial charge in [0.25, 0.3) is 5.91 Å². The summed E-state index contributed by atoms with van der Waals surface area (Å²) in [5, 5.41) is 2.82. The van der Waals surface area contributed by atoms with Crippen LogP contribution in [0.2, 0.25) is 0 Å². The normalized spacial score (nSPS) is 18.2. The molecule has 8 heteroatoms. The lowest BCUT2D eigenvalue weighted by molar-refractivity contribution is -0.115. The van der Waals surface area contributed by atoms with E-state index in [1.54, 1.807) is 60.5 Å². The van der Waals surface area contributed by atoms with Crippen LogP contribution in [0.4, 0.5) is 5.69 Å². The van der Waals surface area contributed by atoms with Crippen molar-refractivity contribution in [3.8, 4) is 0 Å². The number of amides is 2. The minimum absolute atomic E-state index is 0.0832. The van der Waals surface area contributed by atoms with Gasteiger partial charge in [-0.2, -0.15) is 0 Å². The fraction of sp³-hybridized carbons (Fsp3) is 0.440. The van der Waals surface area contributed by atoms with Crippen molar-refractivity contribution in [1.82, 2.24) is 4.90 Å². The molecule has 2 fully saturated rings. The number of hydrogen-bond acceptors (Lipinski definition) is 5. The van der Waals surface area contributed by atoms with Crippen LogP contribution >= 0.6 is 0 Å². The Labute approximate surface area is 195 Å². The fourth-order valence-corrected chi connectivity index (χ4v) is 5.69. The van der Waals surface area contributed by atoms with Gasteiger partial charge in [-0.15, -0.1) is 0 Å². The van der Waals surface area contributed by atoms with Gasteiger partial charge in [0.1, 0.15) is 0 Å². The predicted molar refractivity (Wildman–Crippen MR) is 126 cm³/mol. The first-order valence-electron chi connectivity index (χ1n) is 11.4. The van der Waals surface area contributed by atoms with Gasteiger partial charge in [0.2, 0.25) is 5.91 Å². The summed E-state index contributed by atoms with van der Waals surface area (Å²) in [5.74, 6) is 0.206. The maximum atomic E-state index is 12.6. The van der Waals surface area contributed by atoms with E-state index in [0.29, 0.717) is 28.6 Å². The van der Waals surface area contributed by atoms with E-state index in [4.69, 9.17) is 4.74 Å². The van der Waals surface area contributed by atoms with Gasteiger partial charge in [0.05, 0.1) is 23.2 Å². The molecular formula is C25H30N2O5S. The predicted octanol–water partition coefficient (Wildman–Crippen LogP) is 3.30. The zero-order valence-electron chi connectivity index (χ0n) is 18.8. The molecule has 2 aromatic carbocycles. The molecule has 33 heavy (non-hydrogen) atoms. The quantitative estimate of drug-likeness (QED) is 0.607. The topological polar surface area (TPSA) is 92.8 Å². The molecule has 1 aliphatic heterocycles. The number of anilines is 1. The molecule has 1 saturated heterocycles. The van der Waals surface area contributed by atoms with E-state index in [1.807, 2.05) is 0 Å². The van der Waals surface area contributed by atoms with E-state index in [-0.39, 0.29) is 30.1 Å². The second-order valence-electron chi connectivity index (χ2n) is 8.99. The van der Waals surface area contributed by atoms with Crippen molar-refractivity contribution in [1.29, 1.82) is 0 Å². The number of benzene rings is 2. The summed E-state index contributed by atoms with van der Waals surface area (Å²) < 4.78 is 30.3. The monoisotopic (exact) mass is 470 g/mol. The molecule has 1 aliphatic carbocycles. The van der Waals surface area contributed by atoms with Crippen LogP contribution in [0.3, 0.4) is 0 Å². The molecule has 2 amide bonds. The molecule has 0 aromatic heterocycles. The molecule has 2 aromatic rings. The number of rotatable bonds is 9. The van der Waals surface area contributed by atoms with E-state index in [1.165, 1.54) is 0 Å². The Morgan fingerprint density at radius 1 is 1.03 bits per heavy atom. The van der Waals surface area contributed by atoms with Crippen LogP contribution in [0, 0.1) is 5.92 Å². The van der Waals surface area contributed by atoms with E-state index in [2.05, 4.69) is 5.32 Å². The van der Waals surface area contributed by atoms with Gasteiger partial charge >= 0.3 is 0 Å². The summed E-state index contributed by atoms with van der Waals surface area (Å²) in [4.78, 5) is 27.0. The second kappa shape index (κ2) is 10.1. The number of hydrogen-bond donors (Lipinski definition) is 1. The molecule has 2 aliphatic rings. The standard InChI is InChI=1S/C25H30N2O5S/c1-27(16-22-3-2-14-32-22)25(29)20-8-10-21(11-9-20)26-24(28)15-18-6-12-23(13-7-18)33(30,31)17-19-4-5-19/h6-13,19,22H,2-5,14-17H2,1H3,(H,26,28). The Hall–Kier alpha value is -2.71. The molecule has 0 radical (unpaired) electrons. The third-order valence-corrected chi connectivity index (χ3v) is 7.96. The number of sulfone groups is 1. The van der Waals surface area contributed by atoms with Gasteiger partial charge in [-0.25, -0.2) is 8.42 Å². The number of likely N-dealkylation sites (N-methyl/N-ethyl adjacent to an activating group) is 1. The first-order chi connectivity index (χ1) is 15.8. The highest BCUT2D eigenvalue weighted by molar-refractivity contribution is 7.91. The van der Waals surface area contributed by atoms with E-state index < -0.39 is 9.84 Å². The molecule has 0 bridgehead atoms. The van der Waals surface area contributed by atoms with Gasteiger partial charge in [-0.05, 0) is 73.6 Å². The van der Waals surface area contributed by atoms with E-state index in [0.717, 1.165) is 37.9 Å². The van der Waals surface area contributed by atoms with Gasteiger partial charge in [-0.1, -0.05) is 12.1 Å². The average molecular weight is 471 g/mol. The third-order valence-electron chi connectivity index (χ3n) is 6.06. The van der Waals surface area contributed by atoms with Crippen molar-refractivity contribution in [3.63, 3.8) is 0 Å². The summed E-state index contributed by atoms with van der Waals surface area (Å²) in [7, 11) is -1.49. The summed E-state index contributed by atoms with van der Waals surface area (Å²) >= 11 is 0. The first-order valence-corrected chi connectivity index (χ1v) is 13.0. The van der Waals surface area contributed by atoms with Crippen LogP contribution < -0.4 is 5.32 Å². The average Bonchev–Trinajstić information content (AvgIpc) is 3.44. The number of carbonyl (C=O) groups is 2. The van der Waals surface area contributed by atoms with Gasteiger partial charge in [0.15, 0.2) is 9.84 Å². The molecule has 1 atom stereocenters. The number of nitrogens with zero attached hydrogens (tertiary/aromatic N) is 1. The maximum Gasteiger partial charge on any atom is 0.253 e. The maximum absolute atomic E-state index is 12.6. The molecule has 1 saturated carbocycles. The molecule has 1 N–H and O–H groups in total. The highest BCUT2D eigenvalue weighted by Crippen LogP contribution is 2.32. The largest absolute Gasteiger partial charge is 0.376 e. The lowest BCUT2D eigenvalue weighted by Gasteiger charge is -2.21. The SMILES string of the molecule is CN(CC1CCCO1)C(=O)c1ccc(NC(=O)Cc2ccc(S(=O)(=O)CC3CC3)cc2)cc1. The minimum Gasteiger partial charge on any atom is -0.376 e. The summed E-state index contributed by atoms with van der Waals surface area (Å²) in [5.41, 5.74) is 1.89. The van der Waals surface area contributed by atoms with E-state index >= 15 is 0 Å². The van der Waals surface area contributed by atoms with Crippen molar-refractivity contribution in [2.75, 3.05) is 31.3 Å². The van der Waals surface area contributed by atoms with Crippen LogP contribution in [0.1, 0.15) is 41.6 Å². The Morgan fingerprint density at radius 2 is 1.73 bits per heavy atom. The molecule has 7 nitrogen and oxygen atoms in total. The fourth-order valence-electron chi connectivity index (χ4n) is 3.99. The number of nitrogens with one attached hydrogen (secondary N) is 1. The van der Waals surface area contributed by atoms with Crippen molar-refractivity contribution in [2.45, 2.75) is 43.1 Å². The minimum atomic E-state index is -3.25. The van der Waals surface area contributed by atoms with E-state index in [9.17, 15) is 18.0 Å².